The van der Waals surface area contributed by atoms with Crippen molar-refractivity contribution in [3.05, 3.63) is 0 Å². The lowest BCUT2D eigenvalue weighted by atomic mass is 9.74. The minimum absolute atomic E-state index is 0.00925. The Morgan fingerprint density at radius 1 is 1.05 bits per heavy atom. The number of nitrogens with two attached hydrogens (primary N) is 1. The van der Waals surface area contributed by atoms with E-state index in [9.17, 15) is 0 Å². The van der Waals surface area contributed by atoms with E-state index in [1.54, 1.807) is 0 Å². The number of rotatable bonds is 10. The summed E-state index contributed by atoms with van der Waals surface area (Å²) in [4.78, 5) is 0. The van der Waals surface area contributed by atoms with Crippen LogP contribution in [-0.2, 0) is 4.74 Å². The highest BCUT2D eigenvalue weighted by Crippen LogP contribution is 2.38. The standard InChI is InChI=1S/C18H37NO/c1-4-6-7-8-9-10-11-17(19)18(20-5-2)14-12-16(3)13-15-18/h16-17H,4-15,19H2,1-3H3. The van der Waals surface area contributed by atoms with Crippen molar-refractivity contribution in [2.75, 3.05) is 6.61 Å². The van der Waals surface area contributed by atoms with Crippen molar-refractivity contribution in [1.82, 2.24) is 0 Å². The van der Waals surface area contributed by atoms with Crippen LogP contribution in [0.2, 0.25) is 0 Å². The van der Waals surface area contributed by atoms with Crippen LogP contribution in [0.4, 0.5) is 0 Å². The first kappa shape index (κ1) is 18.0. The minimum Gasteiger partial charge on any atom is -0.374 e. The molecule has 0 bridgehead atoms. The van der Waals surface area contributed by atoms with Gasteiger partial charge < -0.3 is 10.5 Å². The smallest absolute Gasteiger partial charge is 0.0832 e. The molecule has 1 aliphatic carbocycles. The van der Waals surface area contributed by atoms with E-state index in [1.165, 1.54) is 64.2 Å². The van der Waals surface area contributed by atoms with E-state index in [2.05, 4.69) is 20.8 Å². The second-order valence-corrected chi connectivity index (χ2v) is 6.84. The SMILES string of the molecule is CCCCCCCCC(N)C1(OCC)CCC(C)CC1. The fraction of sp³-hybridized carbons (Fsp3) is 1.00. The first-order valence-electron chi connectivity index (χ1n) is 9.04. The lowest BCUT2D eigenvalue weighted by molar-refractivity contribution is -0.0902. The van der Waals surface area contributed by atoms with Gasteiger partial charge in [-0.05, 0) is 44.9 Å². The van der Waals surface area contributed by atoms with Gasteiger partial charge in [0.15, 0.2) is 0 Å². The van der Waals surface area contributed by atoms with E-state index in [1.807, 2.05) is 0 Å². The molecule has 0 saturated heterocycles. The second kappa shape index (κ2) is 9.78. The average Bonchev–Trinajstić information content (AvgIpc) is 2.45. The Labute approximate surface area is 126 Å². The summed E-state index contributed by atoms with van der Waals surface area (Å²) in [6.07, 6.45) is 14.1. The molecule has 0 radical (unpaired) electrons. The molecule has 1 atom stereocenters. The van der Waals surface area contributed by atoms with E-state index < -0.39 is 0 Å². The normalized spacial score (nSPS) is 28.5. The molecule has 2 nitrogen and oxygen atoms in total. The average molecular weight is 284 g/mol. The third-order valence-corrected chi connectivity index (χ3v) is 5.10. The first-order chi connectivity index (χ1) is 9.64. The van der Waals surface area contributed by atoms with Gasteiger partial charge in [0, 0.05) is 12.6 Å². The van der Waals surface area contributed by atoms with E-state index >= 15 is 0 Å². The van der Waals surface area contributed by atoms with Crippen molar-refractivity contribution >= 4 is 0 Å². The van der Waals surface area contributed by atoms with Crippen LogP contribution >= 0.6 is 0 Å². The van der Waals surface area contributed by atoms with E-state index in [-0.39, 0.29) is 11.6 Å². The Bertz CT molecular complexity index is 234. The number of hydrogen-bond acceptors (Lipinski definition) is 2. The number of hydrogen-bond donors (Lipinski definition) is 1. The molecule has 0 aromatic carbocycles. The molecule has 0 amide bonds. The maximum absolute atomic E-state index is 6.53. The van der Waals surface area contributed by atoms with Crippen LogP contribution in [0.1, 0.15) is 91.4 Å². The fourth-order valence-corrected chi connectivity index (χ4v) is 3.57. The summed E-state index contributed by atoms with van der Waals surface area (Å²) in [6.45, 7) is 7.54. The van der Waals surface area contributed by atoms with Crippen molar-refractivity contribution in [2.45, 2.75) is 103 Å². The van der Waals surface area contributed by atoms with Crippen LogP contribution in [0.25, 0.3) is 0 Å². The molecule has 1 rings (SSSR count). The van der Waals surface area contributed by atoms with Crippen molar-refractivity contribution in [3.8, 4) is 0 Å². The Morgan fingerprint density at radius 2 is 1.65 bits per heavy atom. The lowest BCUT2D eigenvalue weighted by Gasteiger charge is -2.43. The van der Waals surface area contributed by atoms with E-state index in [4.69, 9.17) is 10.5 Å². The molecule has 2 N–H and O–H groups in total. The van der Waals surface area contributed by atoms with Gasteiger partial charge in [0.2, 0.25) is 0 Å². The molecule has 0 aromatic rings. The molecule has 0 aliphatic heterocycles. The Hall–Kier alpha value is -0.0800. The summed E-state index contributed by atoms with van der Waals surface area (Å²) in [7, 11) is 0. The molecule has 1 unspecified atom stereocenters. The molecule has 0 heterocycles. The molecule has 1 saturated carbocycles. The zero-order chi connectivity index (χ0) is 14.8. The molecule has 1 fully saturated rings. The highest BCUT2D eigenvalue weighted by atomic mass is 16.5. The zero-order valence-electron chi connectivity index (χ0n) is 14.1. The quantitative estimate of drug-likeness (QED) is 0.569. The monoisotopic (exact) mass is 283 g/mol. The first-order valence-corrected chi connectivity index (χ1v) is 9.04. The topological polar surface area (TPSA) is 35.2 Å². The summed E-state index contributed by atoms with van der Waals surface area (Å²) in [5, 5.41) is 0. The molecule has 0 spiro atoms. The Kier molecular flexibility index (Phi) is 8.79. The van der Waals surface area contributed by atoms with Crippen molar-refractivity contribution in [3.63, 3.8) is 0 Å². The lowest BCUT2D eigenvalue weighted by Crippen LogP contribution is -2.52. The molecular formula is C18H37NO. The third-order valence-electron chi connectivity index (χ3n) is 5.10. The largest absolute Gasteiger partial charge is 0.374 e. The van der Waals surface area contributed by atoms with Gasteiger partial charge in [-0.3, -0.25) is 0 Å². The second-order valence-electron chi connectivity index (χ2n) is 6.84. The fourth-order valence-electron chi connectivity index (χ4n) is 3.57. The zero-order valence-corrected chi connectivity index (χ0v) is 14.1. The van der Waals surface area contributed by atoms with Gasteiger partial charge in [0.1, 0.15) is 0 Å². The summed E-state index contributed by atoms with van der Waals surface area (Å²) in [5.74, 6) is 0.852. The number of ether oxygens (including phenoxy) is 1. The van der Waals surface area contributed by atoms with Crippen LogP contribution in [0, 0.1) is 5.92 Å². The molecule has 0 aromatic heterocycles. The van der Waals surface area contributed by atoms with Gasteiger partial charge in [0.05, 0.1) is 5.60 Å². The molecular weight excluding hydrogens is 246 g/mol. The van der Waals surface area contributed by atoms with Gasteiger partial charge in [0.25, 0.3) is 0 Å². The van der Waals surface area contributed by atoms with Crippen LogP contribution < -0.4 is 5.73 Å². The number of unbranched alkanes of at least 4 members (excludes halogenated alkanes) is 5. The van der Waals surface area contributed by atoms with Gasteiger partial charge in [-0.25, -0.2) is 0 Å². The van der Waals surface area contributed by atoms with E-state index in [0.717, 1.165) is 18.9 Å². The summed E-state index contributed by atoms with van der Waals surface area (Å²) >= 11 is 0. The highest BCUT2D eigenvalue weighted by Gasteiger charge is 2.39. The van der Waals surface area contributed by atoms with Crippen molar-refractivity contribution in [1.29, 1.82) is 0 Å². The maximum Gasteiger partial charge on any atom is 0.0832 e. The molecule has 120 valence electrons. The Morgan fingerprint density at radius 3 is 2.25 bits per heavy atom. The van der Waals surface area contributed by atoms with Gasteiger partial charge in [-0.1, -0.05) is 52.4 Å². The van der Waals surface area contributed by atoms with Crippen LogP contribution in [-0.4, -0.2) is 18.2 Å². The molecule has 20 heavy (non-hydrogen) atoms. The summed E-state index contributed by atoms with van der Waals surface area (Å²) < 4.78 is 6.15. The Balaban J connectivity index is 2.31. The predicted octanol–water partition coefficient (Wildman–Crippen LogP) is 5.05. The van der Waals surface area contributed by atoms with Crippen LogP contribution in [0.15, 0.2) is 0 Å². The summed E-state index contributed by atoms with van der Waals surface area (Å²) in [6, 6.07) is 0.237. The third kappa shape index (κ3) is 5.73. The molecule has 2 heteroatoms. The van der Waals surface area contributed by atoms with Gasteiger partial charge >= 0.3 is 0 Å². The van der Waals surface area contributed by atoms with Crippen molar-refractivity contribution in [2.24, 2.45) is 11.7 Å². The minimum atomic E-state index is -0.00925. The van der Waals surface area contributed by atoms with E-state index in [0.29, 0.717) is 0 Å². The van der Waals surface area contributed by atoms with Crippen LogP contribution in [0.3, 0.4) is 0 Å². The van der Waals surface area contributed by atoms with Gasteiger partial charge in [-0.15, -0.1) is 0 Å². The summed E-state index contributed by atoms with van der Waals surface area (Å²) in [5.41, 5.74) is 6.52. The van der Waals surface area contributed by atoms with Crippen LogP contribution in [0.5, 0.6) is 0 Å². The molecule has 1 aliphatic rings. The maximum atomic E-state index is 6.53. The highest BCUT2D eigenvalue weighted by molar-refractivity contribution is 4.94. The van der Waals surface area contributed by atoms with Gasteiger partial charge in [-0.2, -0.15) is 0 Å². The van der Waals surface area contributed by atoms with Crippen molar-refractivity contribution < 1.29 is 4.74 Å². The predicted molar refractivity (Wildman–Crippen MR) is 88.0 cm³/mol.